The quantitative estimate of drug-likeness (QED) is 0.642. The Morgan fingerprint density at radius 3 is 2.80 bits per heavy atom. The summed E-state index contributed by atoms with van der Waals surface area (Å²) in [5, 5.41) is 11.0. The predicted molar refractivity (Wildman–Crippen MR) is 82.3 cm³/mol. The molecule has 1 N–H and O–H groups in total. The van der Waals surface area contributed by atoms with E-state index in [2.05, 4.69) is 26.0 Å². The van der Waals surface area contributed by atoms with Crippen LogP contribution in [-0.2, 0) is 0 Å². The fourth-order valence-corrected chi connectivity index (χ4v) is 6.92. The number of rotatable bonds is 0. The zero-order valence-electron chi connectivity index (χ0n) is 13.1. The molecule has 0 amide bonds. The minimum atomic E-state index is -0.0603. The molecule has 3 saturated carbocycles. The van der Waals surface area contributed by atoms with Gasteiger partial charge in [0, 0.05) is 0 Å². The second kappa shape index (κ2) is 4.35. The van der Waals surface area contributed by atoms with Crippen molar-refractivity contribution < 1.29 is 5.11 Å². The predicted octanol–water partition coefficient (Wildman–Crippen LogP) is 4.56. The summed E-state index contributed by atoms with van der Waals surface area (Å²) in [6.45, 7) is 4.93. The highest BCUT2D eigenvalue weighted by Crippen LogP contribution is 2.64. The zero-order valence-corrected chi connectivity index (χ0v) is 13.1. The lowest BCUT2D eigenvalue weighted by molar-refractivity contribution is -0.156. The molecule has 1 unspecified atom stereocenters. The van der Waals surface area contributed by atoms with Crippen molar-refractivity contribution in [1.82, 2.24) is 0 Å². The minimum Gasteiger partial charge on any atom is -0.393 e. The molecule has 0 radical (unpaired) electrons. The molecule has 0 aromatic heterocycles. The van der Waals surface area contributed by atoms with Crippen LogP contribution in [0.1, 0.15) is 65.2 Å². The summed E-state index contributed by atoms with van der Waals surface area (Å²) in [7, 11) is 0. The summed E-state index contributed by atoms with van der Waals surface area (Å²) < 4.78 is 0. The van der Waals surface area contributed by atoms with Crippen molar-refractivity contribution in [2.75, 3.05) is 0 Å². The molecule has 112 valence electrons. The molecule has 4 rings (SSSR count). The molecule has 0 bridgehead atoms. The Balaban J connectivity index is 1.70. The van der Waals surface area contributed by atoms with Gasteiger partial charge in [0.25, 0.3) is 0 Å². The van der Waals surface area contributed by atoms with Gasteiger partial charge in [-0.25, -0.2) is 0 Å². The Bertz CT molecular complexity index is 427. The van der Waals surface area contributed by atoms with Gasteiger partial charge in [-0.2, -0.15) is 0 Å². The van der Waals surface area contributed by atoms with Crippen molar-refractivity contribution in [2.24, 2.45) is 34.5 Å². The standard InChI is InChI=1S/C19H30O/c1-18-10-5-7-15(18)14-9-8-13-6-3-4-11-19(13,2)17(14)16(20)12-18/h5,10,13-17,20H,3-4,6-9,11-12H2,1-2H3/t13?,14-,15-,16+,17+,18-,19-/m0/s1. The second-order valence-electron chi connectivity index (χ2n) is 8.74. The number of aliphatic hydroxyl groups excluding tert-OH is 1. The first-order valence-corrected chi connectivity index (χ1v) is 8.90. The van der Waals surface area contributed by atoms with Crippen LogP contribution in [0.25, 0.3) is 0 Å². The van der Waals surface area contributed by atoms with Crippen molar-refractivity contribution >= 4 is 0 Å². The third kappa shape index (κ3) is 1.65. The summed E-state index contributed by atoms with van der Waals surface area (Å²) in [4.78, 5) is 0. The normalized spacial score (nSPS) is 57.9. The first-order chi connectivity index (χ1) is 9.55. The molecule has 0 heterocycles. The van der Waals surface area contributed by atoms with Crippen LogP contribution in [0.4, 0.5) is 0 Å². The first kappa shape index (κ1) is 13.4. The molecular formula is C19H30O. The molecule has 4 aliphatic carbocycles. The third-order valence-electron chi connectivity index (χ3n) is 7.84. The molecule has 0 saturated heterocycles. The van der Waals surface area contributed by atoms with Crippen LogP contribution in [-0.4, -0.2) is 11.2 Å². The maximum absolute atomic E-state index is 11.0. The molecule has 7 atom stereocenters. The Kier molecular flexibility index (Phi) is 2.91. The van der Waals surface area contributed by atoms with Crippen molar-refractivity contribution in [3.63, 3.8) is 0 Å². The van der Waals surface area contributed by atoms with E-state index in [1.807, 2.05) is 0 Å². The topological polar surface area (TPSA) is 20.2 Å². The highest BCUT2D eigenvalue weighted by molar-refractivity contribution is 5.17. The van der Waals surface area contributed by atoms with E-state index in [1.54, 1.807) is 0 Å². The Morgan fingerprint density at radius 1 is 1.10 bits per heavy atom. The number of hydrogen-bond donors (Lipinski definition) is 1. The number of aliphatic hydroxyl groups is 1. The van der Waals surface area contributed by atoms with Crippen LogP contribution in [0.3, 0.4) is 0 Å². The van der Waals surface area contributed by atoms with Crippen LogP contribution in [0.5, 0.6) is 0 Å². The van der Waals surface area contributed by atoms with Crippen molar-refractivity contribution in [3.05, 3.63) is 12.2 Å². The van der Waals surface area contributed by atoms with E-state index in [9.17, 15) is 5.11 Å². The van der Waals surface area contributed by atoms with E-state index in [0.717, 1.165) is 24.2 Å². The fourth-order valence-electron chi connectivity index (χ4n) is 6.92. The first-order valence-electron chi connectivity index (χ1n) is 8.90. The lowest BCUT2D eigenvalue weighted by atomic mass is 9.44. The molecule has 0 aromatic carbocycles. The highest BCUT2D eigenvalue weighted by Gasteiger charge is 2.59. The van der Waals surface area contributed by atoms with Gasteiger partial charge < -0.3 is 5.11 Å². The Labute approximate surface area is 123 Å². The molecule has 0 aliphatic heterocycles. The molecule has 4 aliphatic rings. The van der Waals surface area contributed by atoms with Gasteiger partial charge in [0.05, 0.1) is 6.10 Å². The van der Waals surface area contributed by atoms with Gasteiger partial charge in [-0.1, -0.05) is 38.8 Å². The zero-order chi connectivity index (χ0) is 14.0. The van der Waals surface area contributed by atoms with E-state index < -0.39 is 0 Å². The minimum absolute atomic E-state index is 0.0603. The molecule has 0 spiro atoms. The SMILES string of the molecule is C[C@@]12C=CC[C@H]1[C@@H]1CCC3CCCC[C@]3(C)[C@H]1[C@H](O)C2. The number of hydrogen-bond acceptors (Lipinski definition) is 1. The van der Waals surface area contributed by atoms with E-state index in [0.29, 0.717) is 16.7 Å². The smallest absolute Gasteiger partial charge is 0.0584 e. The van der Waals surface area contributed by atoms with E-state index in [4.69, 9.17) is 0 Å². The average Bonchev–Trinajstić information content (AvgIpc) is 2.78. The summed E-state index contributed by atoms with van der Waals surface area (Å²) in [5.74, 6) is 3.07. The van der Waals surface area contributed by atoms with Gasteiger partial charge in [-0.05, 0) is 73.0 Å². The van der Waals surface area contributed by atoms with E-state index >= 15 is 0 Å². The van der Waals surface area contributed by atoms with Crippen molar-refractivity contribution in [3.8, 4) is 0 Å². The fraction of sp³-hybridized carbons (Fsp3) is 0.895. The van der Waals surface area contributed by atoms with Crippen molar-refractivity contribution in [1.29, 1.82) is 0 Å². The molecule has 20 heavy (non-hydrogen) atoms. The second-order valence-corrected chi connectivity index (χ2v) is 8.74. The third-order valence-corrected chi connectivity index (χ3v) is 7.84. The van der Waals surface area contributed by atoms with Gasteiger partial charge in [0.1, 0.15) is 0 Å². The van der Waals surface area contributed by atoms with Gasteiger partial charge in [0.2, 0.25) is 0 Å². The Morgan fingerprint density at radius 2 is 1.95 bits per heavy atom. The molecule has 0 aromatic rings. The maximum Gasteiger partial charge on any atom is 0.0584 e. The van der Waals surface area contributed by atoms with Crippen LogP contribution in [0.15, 0.2) is 12.2 Å². The molecule has 3 fully saturated rings. The molecule has 1 nitrogen and oxygen atoms in total. The van der Waals surface area contributed by atoms with Crippen LogP contribution < -0.4 is 0 Å². The van der Waals surface area contributed by atoms with Crippen LogP contribution >= 0.6 is 0 Å². The lowest BCUT2D eigenvalue weighted by Crippen LogP contribution is -2.57. The molecular weight excluding hydrogens is 244 g/mol. The largest absolute Gasteiger partial charge is 0.393 e. The van der Waals surface area contributed by atoms with Crippen LogP contribution in [0.2, 0.25) is 0 Å². The maximum atomic E-state index is 11.0. The van der Waals surface area contributed by atoms with Gasteiger partial charge in [0.15, 0.2) is 0 Å². The van der Waals surface area contributed by atoms with Gasteiger partial charge in [-0.15, -0.1) is 0 Å². The summed E-state index contributed by atoms with van der Waals surface area (Å²) in [5.41, 5.74) is 0.725. The summed E-state index contributed by atoms with van der Waals surface area (Å²) >= 11 is 0. The van der Waals surface area contributed by atoms with E-state index in [-0.39, 0.29) is 6.10 Å². The summed E-state index contributed by atoms with van der Waals surface area (Å²) in [6, 6.07) is 0. The lowest BCUT2D eigenvalue weighted by Gasteiger charge is -2.61. The monoisotopic (exact) mass is 274 g/mol. The summed E-state index contributed by atoms with van der Waals surface area (Å²) in [6.07, 6.45) is 15.5. The highest BCUT2D eigenvalue weighted by atomic mass is 16.3. The number of allylic oxidation sites excluding steroid dienone is 2. The Hall–Kier alpha value is -0.300. The average molecular weight is 274 g/mol. The molecule has 1 heteroatoms. The van der Waals surface area contributed by atoms with Gasteiger partial charge in [-0.3, -0.25) is 0 Å². The van der Waals surface area contributed by atoms with Crippen LogP contribution in [0, 0.1) is 34.5 Å². The van der Waals surface area contributed by atoms with Gasteiger partial charge >= 0.3 is 0 Å². The van der Waals surface area contributed by atoms with E-state index in [1.165, 1.54) is 44.9 Å². The van der Waals surface area contributed by atoms with Crippen molar-refractivity contribution in [2.45, 2.75) is 71.3 Å². The number of fused-ring (bicyclic) bond motifs is 5.